The Morgan fingerprint density at radius 1 is 0.933 bits per heavy atom. The number of amides is 1. The molecule has 5 heteroatoms. The summed E-state index contributed by atoms with van der Waals surface area (Å²) in [4.78, 5) is 17.1. The van der Waals surface area contributed by atoms with Gasteiger partial charge >= 0.3 is 0 Å². The number of anilines is 1. The Kier molecular flexibility index (Phi) is 6.00. The number of para-hydroxylation sites is 1. The fourth-order valence-electron chi connectivity index (χ4n) is 3.26. The van der Waals surface area contributed by atoms with E-state index in [1.807, 2.05) is 67.7 Å². The molecule has 4 aromatic rings. The molecule has 150 valence electrons. The van der Waals surface area contributed by atoms with Crippen LogP contribution in [0.2, 0.25) is 0 Å². The normalized spacial score (nSPS) is 10.7. The Bertz CT molecular complexity index is 1150. The summed E-state index contributed by atoms with van der Waals surface area (Å²) in [7, 11) is 0. The van der Waals surface area contributed by atoms with Gasteiger partial charge < -0.3 is 5.32 Å². The van der Waals surface area contributed by atoms with Gasteiger partial charge in [0.15, 0.2) is 5.16 Å². The summed E-state index contributed by atoms with van der Waals surface area (Å²) in [5.74, 6) is 0.231. The Balaban J connectivity index is 1.60. The molecule has 4 nitrogen and oxygen atoms in total. The summed E-state index contributed by atoms with van der Waals surface area (Å²) in [5.41, 5.74) is 6.28. The molecule has 0 bridgehead atoms. The molecule has 4 rings (SSSR count). The van der Waals surface area contributed by atoms with Crippen molar-refractivity contribution in [3.05, 3.63) is 96.2 Å². The SMILES string of the molecule is Cc1ccc(NC(=O)CSc2ncc(-c3ccccc3)n2-c2ccccc2C)cc1. The van der Waals surface area contributed by atoms with Crippen molar-refractivity contribution in [1.82, 2.24) is 9.55 Å². The zero-order chi connectivity index (χ0) is 20.9. The lowest BCUT2D eigenvalue weighted by Gasteiger charge is -2.14. The Morgan fingerprint density at radius 3 is 2.37 bits per heavy atom. The zero-order valence-electron chi connectivity index (χ0n) is 17.0. The van der Waals surface area contributed by atoms with Crippen LogP contribution >= 0.6 is 11.8 Å². The van der Waals surface area contributed by atoms with Crippen LogP contribution in [0.15, 0.2) is 90.2 Å². The number of carbonyl (C=O) groups is 1. The Labute approximate surface area is 181 Å². The van der Waals surface area contributed by atoms with Gasteiger partial charge in [-0.25, -0.2) is 4.98 Å². The first-order valence-electron chi connectivity index (χ1n) is 9.80. The van der Waals surface area contributed by atoms with E-state index >= 15 is 0 Å². The number of hydrogen-bond acceptors (Lipinski definition) is 3. The van der Waals surface area contributed by atoms with Gasteiger partial charge in [0.05, 0.1) is 23.3 Å². The molecule has 0 aliphatic heterocycles. The minimum absolute atomic E-state index is 0.0514. The lowest BCUT2D eigenvalue weighted by molar-refractivity contribution is -0.113. The molecule has 0 fully saturated rings. The molecule has 0 saturated heterocycles. The molecule has 0 saturated carbocycles. The predicted octanol–water partition coefficient (Wildman–Crippen LogP) is 5.89. The number of imidazole rings is 1. The number of carbonyl (C=O) groups excluding carboxylic acids is 1. The van der Waals surface area contributed by atoms with Gasteiger partial charge in [0.2, 0.25) is 5.91 Å². The van der Waals surface area contributed by atoms with E-state index in [0.717, 1.165) is 38.9 Å². The van der Waals surface area contributed by atoms with Gasteiger partial charge in [0, 0.05) is 11.3 Å². The third kappa shape index (κ3) is 4.47. The number of rotatable bonds is 6. The quantitative estimate of drug-likeness (QED) is 0.401. The van der Waals surface area contributed by atoms with E-state index in [0.29, 0.717) is 0 Å². The van der Waals surface area contributed by atoms with Gasteiger partial charge in [-0.3, -0.25) is 9.36 Å². The molecule has 1 N–H and O–H groups in total. The summed E-state index contributed by atoms with van der Waals surface area (Å²) >= 11 is 1.44. The average Bonchev–Trinajstić information content (AvgIpc) is 3.18. The molecule has 0 aliphatic carbocycles. The molecule has 3 aromatic carbocycles. The number of aryl methyl sites for hydroxylation is 2. The molecule has 0 atom stereocenters. The lowest BCUT2D eigenvalue weighted by atomic mass is 10.1. The second kappa shape index (κ2) is 9.01. The Morgan fingerprint density at radius 2 is 1.63 bits per heavy atom. The van der Waals surface area contributed by atoms with E-state index in [9.17, 15) is 4.79 Å². The van der Waals surface area contributed by atoms with Crippen LogP contribution in [0.1, 0.15) is 11.1 Å². The van der Waals surface area contributed by atoms with Crippen molar-refractivity contribution in [3.8, 4) is 16.9 Å². The van der Waals surface area contributed by atoms with E-state index in [4.69, 9.17) is 0 Å². The second-order valence-corrected chi connectivity index (χ2v) is 8.06. The maximum atomic E-state index is 12.5. The van der Waals surface area contributed by atoms with Crippen molar-refractivity contribution in [1.29, 1.82) is 0 Å². The minimum atomic E-state index is -0.0514. The highest BCUT2D eigenvalue weighted by molar-refractivity contribution is 7.99. The van der Waals surface area contributed by atoms with Crippen LogP contribution in [0.5, 0.6) is 0 Å². The van der Waals surface area contributed by atoms with Crippen molar-refractivity contribution in [2.24, 2.45) is 0 Å². The highest BCUT2D eigenvalue weighted by atomic mass is 32.2. The van der Waals surface area contributed by atoms with Gasteiger partial charge in [-0.2, -0.15) is 0 Å². The Hall–Kier alpha value is -3.31. The summed E-state index contributed by atoms with van der Waals surface area (Å²) in [6.45, 7) is 4.11. The van der Waals surface area contributed by atoms with E-state index in [2.05, 4.69) is 46.1 Å². The van der Waals surface area contributed by atoms with E-state index in [-0.39, 0.29) is 11.7 Å². The summed E-state index contributed by atoms with van der Waals surface area (Å²) in [5, 5.41) is 3.75. The van der Waals surface area contributed by atoms with Crippen molar-refractivity contribution < 1.29 is 4.79 Å². The molecular formula is C25H23N3OS. The van der Waals surface area contributed by atoms with Gasteiger partial charge in [-0.05, 0) is 37.6 Å². The number of hydrogen-bond donors (Lipinski definition) is 1. The van der Waals surface area contributed by atoms with Crippen molar-refractivity contribution in [3.63, 3.8) is 0 Å². The van der Waals surface area contributed by atoms with Crippen molar-refractivity contribution in [2.75, 3.05) is 11.1 Å². The minimum Gasteiger partial charge on any atom is -0.325 e. The first-order chi connectivity index (χ1) is 14.6. The first-order valence-corrected chi connectivity index (χ1v) is 10.8. The fourth-order valence-corrected chi connectivity index (χ4v) is 4.05. The van der Waals surface area contributed by atoms with Crippen LogP contribution in [0.25, 0.3) is 16.9 Å². The monoisotopic (exact) mass is 413 g/mol. The van der Waals surface area contributed by atoms with Gasteiger partial charge in [-0.1, -0.05) is 78.0 Å². The molecule has 0 spiro atoms. The predicted molar refractivity (Wildman–Crippen MR) is 124 cm³/mol. The van der Waals surface area contributed by atoms with Crippen LogP contribution in [-0.4, -0.2) is 21.2 Å². The van der Waals surface area contributed by atoms with Crippen molar-refractivity contribution >= 4 is 23.4 Å². The third-order valence-corrected chi connectivity index (χ3v) is 5.78. The maximum Gasteiger partial charge on any atom is 0.234 e. The topological polar surface area (TPSA) is 46.9 Å². The van der Waals surface area contributed by atoms with Crippen LogP contribution in [0.4, 0.5) is 5.69 Å². The number of nitrogens with zero attached hydrogens (tertiary/aromatic N) is 2. The van der Waals surface area contributed by atoms with Crippen LogP contribution in [-0.2, 0) is 4.79 Å². The number of nitrogens with one attached hydrogen (secondary N) is 1. The molecule has 1 heterocycles. The van der Waals surface area contributed by atoms with E-state index in [1.54, 1.807) is 0 Å². The summed E-state index contributed by atoms with van der Waals surface area (Å²) in [6.07, 6.45) is 1.88. The zero-order valence-corrected chi connectivity index (χ0v) is 17.8. The number of aromatic nitrogens is 2. The van der Waals surface area contributed by atoms with Crippen molar-refractivity contribution in [2.45, 2.75) is 19.0 Å². The highest BCUT2D eigenvalue weighted by Gasteiger charge is 2.16. The van der Waals surface area contributed by atoms with Crippen LogP contribution in [0.3, 0.4) is 0 Å². The van der Waals surface area contributed by atoms with Crippen LogP contribution in [0, 0.1) is 13.8 Å². The second-order valence-electron chi connectivity index (χ2n) is 7.12. The smallest absolute Gasteiger partial charge is 0.234 e. The molecule has 0 unspecified atom stereocenters. The molecule has 0 aliphatic rings. The summed E-state index contributed by atoms with van der Waals surface area (Å²) < 4.78 is 2.13. The fraction of sp³-hybridized carbons (Fsp3) is 0.120. The van der Waals surface area contributed by atoms with E-state index in [1.165, 1.54) is 11.8 Å². The van der Waals surface area contributed by atoms with Gasteiger partial charge in [-0.15, -0.1) is 0 Å². The molecule has 1 amide bonds. The maximum absolute atomic E-state index is 12.5. The third-order valence-electron chi connectivity index (χ3n) is 4.82. The average molecular weight is 414 g/mol. The molecule has 1 aromatic heterocycles. The van der Waals surface area contributed by atoms with Crippen LogP contribution < -0.4 is 5.32 Å². The summed E-state index contributed by atoms with van der Waals surface area (Å²) in [6, 6.07) is 26.2. The lowest BCUT2D eigenvalue weighted by Crippen LogP contribution is -2.14. The standard InChI is InChI=1S/C25H23N3OS/c1-18-12-14-21(15-13-18)27-24(29)17-30-25-26-16-23(20-9-4-3-5-10-20)28(25)22-11-7-6-8-19(22)2/h3-16H,17H2,1-2H3,(H,27,29). The highest BCUT2D eigenvalue weighted by Crippen LogP contribution is 2.31. The largest absolute Gasteiger partial charge is 0.325 e. The number of benzene rings is 3. The van der Waals surface area contributed by atoms with Gasteiger partial charge in [0.1, 0.15) is 0 Å². The van der Waals surface area contributed by atoms with E-state index < -0.39 is 0 Å². The molecule has 0 radical (unpaired) electrons. The number of thioether (sulfide) groups is 1. The van der Waals surface area contributed by atoms with Gasteiger partial charge in [0.25, 0.3) is 0 Å². The first kappa shape index (κ1) is 20.0. The molecule has 30 heavy (non-hydrogen) atoms. The molecular weight excluding hydrogens is 390 g/mol.